The zero-order chi connectivity index (χ0) is 18.2. The maximum absolute atomic E-state index is 12.3. The fraction of sp³-hybridized carbons (Fsp3) is 0.350. The first-order valence-corrected chi connectivity index (χ1v) is 8.58. The fourth-order valence-electron chi connectivity index (χ4n) is 2.28. The topological polar surface area (TPSA) is 68.3 Å². The van der Waals surface area contributed by atoms with Gasteiger partial charge in [0.2, 0.25) is 0 Å². The molecule has 0 bridgehead atoms. The molecule has 2 rings (SSSR count). The van der Waals surface area contributed by atoms with E-state index in [1.54, 1.807) is 26.0 Å². The summed E-state index contributed by atoms with van der Waals surface area (Å²) in [5.41, 5.74) is 2.24. The second kappa shape index (κ2) is 8.97. The van der Waals surface area contributed by atoms with Crippen molar-refractivity contribution >= 4 is 17.6 Å². The Kier molecular flexibility index (Phi) is 6.69. The van der Waals surface area contributed by atoms with Crippen molar-refractivity contribution in [2.75, 3.05) is 5.32 Å². The van der Waals surface area contributed by atoms with Crippen LogP contribution in [0.3, 0.4) is 0 Å². The molecule has 2 aromatic rings. The number of nitrogens with one attached hydrogen (secondary N) is 1. The van der Waals surface area contributed by atoms with Gasteiger partial charge in [0.15, 0.2) is 0 Å². The van der Waals surface area contributed by atoms with E-state index < -0.39 is 5.97 Å². The van der Waals surface area contributed by atoms with Gasteiger partial charge in [-0.3, -0.25) is 4.79 Å². The average Bonchev–Trinajstić information content (AvgIpc) is 2.60. The lowest BCUT2D eigenvalue weighted by Gasteiger charge is -2.09. The van der Waals surface area contributed by atoms with Gasteiger partial charge in [-0.1, -0.05) is 31.5 Å². The molecule has 0 saturated heterocycles. The van der Waals surface area contributed by atoms with Crippen LogP contribution in [0.2, 0.25) is 0 Å². The van der Waals surface area contributed by atoms with Crippen molar-refractivity contribution in [3.05, 3.63) is 59.4 Å². The molecule has 0 saturated carbocycles. The van der Waals surface area contributed by atoms with Crippen molar-refractivity contribution in [1.82, 2.24) is 4.98 Å². The maximum Gasteiger partial charge on any atom is 0.357 e. The van der Waals surface area contributed by atoms with E-state index in [0.29, 0.717) is 5.69 Å². The smallest absolute Gasteiger partial charge is 0.357 e. The number of carbonyl (C=O) groups excluding carboxylic acids is 2. The third kappa shape index (κ3) is 5.71. The summed E-state index contributed by atoms with van der Waals surface area (Å²) < 4.78 is 5.10. The number of nitrogens with zero attached hydrogens (tertiary/aromatic N) is 1. The highest BCUT2D eigenvalue weighted by atomic mass is 16.5. The number of aromatic nitrogens is 1. The molecule has 1 aromatic carbocycles. The van der Waals surface area contributed by atoms with Gasteiger partial charge in [0, 0.05) is 5.69 Å². The number of carbonyl (C=O) groups is 2. The van der Waals surface area contributed by atoms with Crippen molar-refractivity contribution in [3.8, 4) is 0 Å². The summed E-state index contributed by atoms with van der Waals surface area (Å²) in [6, 6.07) is 12.5. The Hall–Kier alpha value is -2.69. The zero-order valence-corrected chi connectivity index (χ0v) is 14.9. The second-order valence-corrected chi connectivity index (χ2v) is 6.12. The van der Waals surface area contributed by atoms with Crippen molar-refractivity contribution < 1.29 is 14.3 Å². The van der Waals surface area contributed by atoms with E-state index in [9.17, 15) is 9.59 Å². The van der Waals surface area contributed by atoms with Crippen LogP contribution in [0.5, 0.6) is 0 Å². The molecule has 0 fully saturated rings. The van der Waals surface area contributed by atoms with Gasteiger partial charge in [-0.2, -0.15) is 0 Å². The molecule has 0 radical (unpaired) electrons. The molecule has 1 amide bonds. The normalized spacial score (nSPS) is 10.6. The predicted octanol–water partition coefficient (Wildman–Crippen LogP) is 4.24. The number of pyridine rings is 1. The molecule has 0 aliphatic carbocycles. The van der Waals surface area contributed by atoms with E-state index in [0.717, 1.165) is 19.3 Å². The van der Waals surface area contributed by atoms with Crippen molar-refractivity contribution in [2.24, 2.45) is 0 Å². The molecule has 0 aliphatic heterocycles. The van der Waals surface area contributed by atoms with Gasteiger partial charge in [-0.15, -0.1) is 0 Å². The average molecular weight is 340 g/mol. The summed E-state index contributed by atoms with van der Waals surface area (Å²) in [5, 5.41) is 2.79. The first-order valence-electron chi connectivity index (χ1n) is 8.58. The van der Waals surface area contributed by atoms with E-state index in [2.05, 4.69) is 17.2 Å². The minimum atomic E-state index is -0.537. The second-order valence-electron chi connectivity index (χ2n) is 6.12. The van der Waals surface area contributed by atoms with Crippen molar-refractivity contribution in [3.63, 3.8) is 0 Å². The molecule has 1 N–H and O–H groups in total. The summed E-state index contributed by atoms with van der Waals surface area (Å²) >= 11 is 0. The van der Waals surface area contributed by atoms with Gasteiger partial charge in [-0.25, -0.2) is 9.78 Å². The van der Waals surface area contributed by atoms with Crippen LogP contribution in [-0.4, -0.2) is 23.0 Å². The van der Waals surface area contributed by atoms with Crippen LogP contribution < -0.4 is 5.32 Å². The van der Waals surface area contributed by atoms with Crippen molar-refractivity contribution in [2.45, 2.75) is 46.1 Å². The fourth-order valence-corrected chi connectivity index (χ4v) is 2.28. The van der Waals surface area contributed by atoms with Gasteiger partial charge >= 0.3 is 5.97 Å². The van der Waals surface area contributed by atoms with Crippen LogP contribution in [0, 0.1) is 0 Å². The molecule has 1 heterocycles. The number of aryl methyl sites for hydroxylation is 1. The predicted molar refractivity (Wildman–Crippen MR) is 97.8 cm³/mol. The van der Waals surface area contributed by atoms with E-state index in [4.69, 9.17) is 4.74 Å². The minimum absolute atomic E-state index is 0.122. The Morgan fingerprint density at radius 1 is 1.08 bits per heavy atom. The number of amides is 1. The molecule has 0 unspecified atom stereocenters. The summed E-state index contributed by atoms with van der Waals surface area (Å²) in [4.78, 5) is 28.3. The van der Waals surface area contributed by atoms with Crippen LogP contribution in [0.15, 0.2) is 42.5 Å². The number of anilines is 1. The maximum atomic E-state index is 12.3. The highest BCUT2D eigenvalue weighted by Gasteiger charge is 2.14. The number of hydrogen-bond acceptors (Lipinski definition) is 4. The van der Waals surface area contributed by atoms with E-state index in [1.807, 2.05) is 24.3 Å². The van der Waals surface area contributed by atoms with E-state index >= 15 is 0 Å². The summed E-state index contributed by atoms with van der Waals surface area (Å²) in [5.74, 6) is -0.898. The number of unbranched alkanes of at least 4 members (excludes halogenated alkanes) is 1. The van der Waals surface area contributed by atoms with E-state index in [-0.39, 0.29) is 23.4 Å². The Morgan fingerprint density at radius 3 is 2.40 bits per heavy atom. The summed E-state index contributed by atoms with van der Waals surface area (Å²) in [6.07, 6.45) is 3.10. The van der Waals surface area contributed by atoms with Crippen LogP contribution in [0.25, 0.3) is 0 Å². The lowest BCUT2D eigenvalue weighted by molar-refractivity contribution is 0.0371. The number of rotatable bonds is 7. The monoisotopic (exact) mass is 340 g/mol. The lowest BCUT2D eigenvalue weighted by atomic mass is 10.1. The van der Waals surface area contributed by atoms with Crippen LogP contribution in [0.1, 0.15) is 60.2 Å². The highest BCUT2D eigenvalue weighted by molar-refractivity contribution is 6.03. The Morgan fingerprint density at radius 2 is 1.76 bits per heavy atom. The van der Waals surface area contributed by atoms with Crippen LogP contribution in [0.4, 0.5) is 5.69 Å². The zero-order valence-electron chi connectivity index (χ0n) is 14.9. The number of esters is 1. The first-order chi connectivity index (χ1) is 12.0. The molecular weight excluding hydrogens is 316 g/mol. The molecule has 1 aromatic heterocycles. The number of benzene rings is 1. The SMILES string of the molecule is CCCCc1ccc(NC(=O)c2cccc(C(=O)OC(C)C)n2)cc1. The van der Waals surface area contributed by atoms with E-state index in [1.165, 1.54) is 11.6 Å². The Bertz CT molecular complexity index is 724. The molecule has 25 heavy (non-hydrogen) atoms. The molecule has 5 nitrogen and oxygen atoms in total. The van der Waals surface area contributed by atoms with Crippen LogP contribution >= 0.6 is 0 Å². The first kappa shape index (κ1) is 18.6. The Balaban J connectivity index is 2.04. The lowest BCUT2D eigenvalue weighted by Crippen LogP contribution is -2.17. The molecule has 0 aliphatic rings. The Labute approximate surface area is 148 Å². The molecule has 132 valence electrons. The molecule has 0 spiro atoms. The summed E-state index contributed by atoms with van der Waals surface area (Å²) in [7, 11) is 0. The van der Waals surface area contributed by atoms with Gasteiger partial charge < -0.3 is 10.1 Å². The number of ether oxygens (including phenoxy) is 1. The van der Waals surface area contributed by atoms with Gasteiger partial charge in [0.1, 0.15) is 11.4 Å². The quantitative estimate of drug-likeness (QED) is 0.765. The molecular formula is C20H24N2O3. The largest absolute Gasteiger partial charge is 0.458 e. The van der Waals surface area contributed by atoms with Gasteiger partial charge in [-0.05, 0) is 56.5 Å². The molecule has 5 heteroatoms. The van der Waals surface area contributed by atoms with Crippen LogP contribution in [-0.2, 0) is 11.2 Å². The van der Waals surface area contributed by atoms with Crippen molar-refractivity contribution in [1.29, 1.82) is 0 Å². The third-order valence-corrected chi connectivity index (χ3v) is 3.56. The molecule has 0 atom stereocenters. The summed E-state index contributed by atoms with van der Waals surface area (Å²) in [6.45, 7) is 5.68. The highest BCUT2D eigenvalue weighted by Crippen LogP contribution is 2.13. The number of hydrogen-bond donors (Lipinski definition) is 1. The minimum Gasteiger partial charge on any atom is -0.458 e. The third-order valence-electron chi connectivity index (χ3n) is 3.56. The standard InChI is InChI=1S/C20H24N2O3/c1-4-5-7-15-10-12-16(13-11-15)21-19(23)17-8-6-9-18(22-17)20(24)25-14(2)3/h6,8-14H,4-5,7H2,1-3H3,(H,21,23). The van der Waals surface area contributed by atoms with Gasteiger partial charge in [0.05, 0.1) is 6.10 Å². The van der Waals surface area contributed by atoms with Gasteiger partial charge in [0.25, 0.3) is 5.91 Å².